The Bertz CT molecular complexity index is 250. The lowest BCUT2D eigenvalue weighted by atomic mass is 9.77. The number of hydrogen-bond acceptors (Lipinski definition) is 3. The molecule has 3 nitrogen and oxygen atoms in total. The van der Waals surface area contributed by atoms with Gasteiger partial charge in [0.15, 0.2) is 0 Å². The van der Waals surface area contributed by atoms with Crippen LogP contribution >= 0.6 is 0 Å². The molecule has 0 amide bonds. The molecule has 0 aromatic rings. The maximum absolute atomic E-state index is 6.24. The average molecular weight is 255 g/mol. The molecule has 1 aliphatic carbocycles. The van der Waals surface area contributed by atoms with Crippen molar-refractivity contribution in [3.05, 3.63) is 0 Å². The lowest BCUT2D eigenvalue weighted by Crippen LogP contribution is -2.46. The molecule has 3 heteroatoms. The van der Waals surface area contributed by atoms with Crippen molar-refractivity contribution >= 4 is 0 Å². The van der Waals surface area contributed by atoms with Crippen molar-refractivity contribution in [2.75, 3.05) is 26.4 Å². The highest BCUT2D eigenvalue weighted by Crippen LogP contribution is 2.39. The van der Waals surface area contributed by atoms with Gasteiger partial charge in [0.25, 0.3) is 0 Å². The van der Waals surface area contributed by atoms with Gasteiger partial charge in [0, 0.05) is 18.1 Å². The maximum Gasteiger partial charge on any atom is 0.0694 e. The Morgan fingerprint density at radius 1 is 1.33 bits per heavy atom. The van der Waals surface area contributed by atoms with Crippen molar-refractivity contribution in [3.8, 4) is 0 Å². The Balaban J connectivity index is 1.68. The van der Waals surface area contributed by atoms with Crippen LogP contribution in [0.25, 0.3) is 0 Å². The fourth-order valence-electron chi connectivity index (χ4n) is 2.71. The lowest BCUT2D eigenvalue weighted by Gasteiger charge is -2.43. The average Bonchev–Trinajstić information content (AvgIpc) is 2.71. The van der Waals surface area contributed by atoms with Crippen LogP contribution in [0.5, 0.6) is 0 Å². The standard InChI is InChI=1S/C15H29NO2/c1-14(2,3)16-9-8-15(6-4-7-15)18-12-13-5-10-17-11-13/h13,16H,4-12H2,1-3H3. The van der Waals surface area contributed by atoms with Crippen LogP contribution in [-0.2, 0) is 9.47 Å². The minimum atomic E-state index is 0.181. The molecule has 1 saturated heterocycles. The Labute approximate surface area is 112 Å². The quantitative estimate of drug-likeness (QED) is 0.791. The largest absolute Gasteiger partial charge is 0.381 e. The van der Waals surface area contributed by atoms with Gasteiger partial charge < -0.3 is 14.8 Å². The first-order valence-electron chi connectivity index (χ1n) is 7.46. The molecule has 1 aliphatic heterocycles. The molecule has 1 N–H and O–H groups in total. The predicted molar refractivity (Wildman–Crippen MR) is 73.8 cm³/mol. The number of hydrogen-bond donors (Lipinski definition) is 1. The molecule has 2 rings (SSSR count). The molecular weight excluding hydrogens is 226 g/mol. The van der Waals surface area contributed by atoms with Crippen LogP contribution in [0.1, 0.15) is 52.9 Å². The van der Waals surface area contributed by atoms with Crippen molar-refractivity contribution in [2.45, 2.75) is 64.0 Å². The SMILES string of the molecule is CC(C)(C)NCCC1(OCC2CCOC2)CCC1. The van der Waals surface area contributed by atoms with Crippen molar-refractivity contribution in [2.24, 2.45) is 5.92 Å². The summed E-state index contributed by atoms with van der Waals surface area (Å²) in [6.45, 7) is 10.4. The zero-order chi connectivity index (χ0) is 13.1. The van der Waals surface area contributed by atoms with Gasteiger partial charge in [-0.05, 0) is 59.4 Å². The fourth-order valence-corrected chi connectivity index (χ4v) is 2.71. The third-order valence-corrected chi connectivity index (χ3v) is 4.15. The summed E-state index contributed by atoms with van der Waals surface area (Å²) >= 11 is 0. The molecule has 1 heterocycles. The molecule has 0 spiro atoms. The first-order chi connectivity index (χ1) is 8.49. The van der Waals surface area contributed by atoms with E-state index in [2.05, 4.69) is 26.1 Å². The summed E-state index contributed by atoms with van der Waals surface area (Å²) in [7, 11) is 0. The predicted octanol–water partition coefficient (Wildman–Crippen LogP) is 2.74. The number of nitrogens with one attached hydrogen (secondary N) is 1. The monoisotopic (exact) mass is 255 g/mol. The molecule has 0 radical (unpaired) electrons. The van der Waals surface area contributed by atoms with E-state index in [1.807, 2.05) is 0 Å². The second kappa shape index (κ2) is 5.89. The minimum absolute atomic E-state index is 0.181. The van der Waals surface area contributed by atoms with E-state index < -0.39 is 0 Å². The van der Waals surface area contributed by atoms with Crippen LogP contribution in [0.2, 0.25) is 0 Å². The Hall–Kier alpha value is -0.120. The molecule has 0 aromatic heterocycles. The van der Waals surface area contributed by atoms with Gasteiger partial charge >= 0.3 is 0 Å². The van der Waals surface area contributed by atoms with Crippen molar-refractivity contribution in [1.82, 2.24) is 5.32 Å². The van der Waals surface area contributed by atoms with Gasteiger partial charge in [-0.3, -0.25) is 0 Å². The van der Waals surface area contributed by atoms with E-state index in [-0.39, 0.29) is 11.1 Å². The van der Waals surface area contributed by atoms with Gasteiger partial charge in [-0.2, -0.15) is 0 Å². The molecule has 2 fully saturated rings. The molecule has 2 aliphatic rings. The summed E-state index contributed by atoms with van der Waals surface area (Å²) in [6.07, 6.45) is 6.14. The normalized spacial score (nSPS) is 27.2. The summed E-state index contributed by atoms with van der Waals surface area (Å²) in [5.41, 5.74) is 0.394. The van der Waals surface area contributed by atoms with Crippen LogP contribution in [0.3, 0.4) is 0 Å². The fraction of sp³-hybridized carbons (Fsp3) is 1.00. The van der Waals surface area contributed by atoms with Gasteiger partial charge in [-0.15, -0.1) is 0 Å². The van der Waals surface area contributed by atoms with Gasteiger partial charge in [0.1, 0.15) is 0 Å². The summed E-state index contributed by atoms with van der Waals surface area (Å²) < 4.78 is 11.7. The minimum Gasteiger partial charge on any atom is -0.381 e. The summed E-state index contributed by atoms with van der Waals surface area (Å²) in [5, 5.41) is 3.57. The molecule has 1 unspecified atom stereocenters. The zero-order valence-corrected chi connectivity index (χ0v) is 12.3. The first-order valence-corrected chi connectivity index (χ1v) is 7.46. The zero-order valence-electron chi connectivity index (χ0n) is 12.3. The van der Waals surface area contributed by atoms with Crippen LogP contribution < -0.4 is 5.32 Å². The van der Waals surface area contributed by atoms with E-state index in [4.69, 9.17) is 9.47 Å². The number of rotatable bonds is 6. The van der Waals surface area contributed by atoms with Crippen LogP contribution in [-0.4, -0.2) is 37.5 Å². The highest BCUT2D eigenvalue weighted by atomic mass is 16.5. The van der Waals surface area contributed by atoms with Crippen LogP contribution in [0.4, 0.5) is 0 Å². The van der Waals surface area contributed by atoms with Crippen molar-refractivity contribution in [1.29, 1.82) is 0 Å². The van der Waals surface area contributed by atoms with Crippen molar-refractivity contribution in [3.63, 3.8) is 0 Å². The Kier molecular flexibility index (Phi) is 4.68. The molecule has 18 heavy (non-hydrogen) atoms. The number of ether oxygens (including phenoxy) is 2. The molecule has 1 saturated carbocycles. The molecule has 1 atom stereocenters. The third-order valence-electron chi connectivity index (χ3n) is 4.15. The maximum atomic E-state index is 6.24. The Morgan fingerprint density at radius 2 is 2.11 bits per heavy atom. The van der Waals surface area contributed by atoms with E-state index >= 15 is 0 Å². The molecule has 106 valence electrons. The first kappa shape index (κ1) is 14.3. The third kappa shape index (κ3) is 4.22. The van der Waals surface area contributed by atoms with E-state index in [1.165, 1.54) is 25.7 Å². The van der Waals surface area contributed by atoms with Crippen LogP contribution in [0.15, 0.2) is 0 Å². The topological polar surface area (TPSA) is 30.5 Å². The summed E-state index contributed by atoms with van der Waals surface area (Å²) in [4.78, 5) is 0. The second-order valence-electron chi connectivity index (χ2n) is 7.00. The van der Waals surface area contributed by atoms with Gasteiger partial charge in [-0.25, -0.2) is 0 Å². The molecule has 0 aromatic carbocycles. The summed E-state index contributed by atoms with van der Waals surface area (Å²) in [5.74, 6) is 0.637. The van der Waals surface area contributed by atoms with E-state index in [9.17, 15) is 0 Å². The van der Waals surface area contributed by atoms with Crippen molar-refractivity contribution < 1.29 is 9.47 Å². The molecule has 0 bridgehead atoms. The lowest BCUT2D eigenvalue weighted by molar-refractivity contribution is -0.116. The van der Waals surface area contributed by atoms with E-state index in [0.29, 0.717) is 5.92 Å². The van der Waals surface area contributed by atoms with E-state index in [0.717, 1.165) is 32.8 Å². The highest BCUT2D eigenvalue weighted by Gasteiger charge is 2.38. The van der Waals surface area contributed by atoms with Gasteiger partial charge in [0.05, 0.1) is 18.8 Å². The summed E-state index contributed by atoms with van der Waals surface area (Å²) in [6, 6.07) is 0. The van der Waals surface area contributed by atoms with Gasteiger partial charge in [-0.1, -0.05) is 0 Å². The van der Waals surface area contributed by atoms with E-state index in [1.54, 1.807) is 0 Å². The van der Waals surface area contributed by atoms with Gasteiger partial charge in [0.2, 0.25) is 0 Å². The smallest absolute Gasteiger partial charge is 0.0694 e. The highest BCUT2D eigenvalue weighted by molar-refractivity contribution is 4.91. The second-order valence-corrected chi connectivity index (χ2v) is 7.00. The Morgan fingerprint density at radius 3 is 2.61 bits per heavy atom. The molecular formula is C15H29NO2. The van der Waals surface area contributed by atoms with Crippen LogP contribution in [0, 0.1) is 5.92 Å².